The van der Waals surface area contributed by atoms with Crippen LogP contribution in [0.3, 0.4) is 0 Å². The molecule has 0 spiro atoms. The van der Waals surface area contributed by atoms with Crippen LogP contribution in [0.4, 0.5) is 8.78 Å². The molecule has 29 heavy (non-hydrogen) atoms. The minimum atomic E-state index is -0.825. The summed E-state index contributed by atoms with van der Waals surface area (Å²) < 4.78 is 26.8. The standard InChI is InChI=1S/C25H29F2NO/c1-18(2)11-13-28(17-19-7-10-23(26)24(27)15-19)14-12-25(29)22-9-8-20-5-3-4-6-21(20)16-22/h3-10,15-16,18,25,29H,11-14,17H2,1-2H3. The van der Waals surface area contributed by atoms with Gasteiger partial charge in [0.2, 0.25) is 0 Å². The molecule has 3 aromatic carbocycles. The van der Waals surface area contributed by atoms with Crippen molar-refractivity contribution in [3.8, 4) is 0 Å². The number of fused-ring (bicyclic) bond motifs is 1. The Bertz CT molecular complexity index is 941. The van der Waals surface area contributed by atoms with Crippen molar-refractivity contribution < 1.29 is 13.9 Å². The molecule has 4 heteroatoms. The third-order valence-electron chi connectivity index (χ3n) is 5.29. The summed E-state index contributed by atoms with van der Waals surface area (Å²) in [4.78, 5) is 2.21. The quantitative estimate of drug-likeness (QED) is 0.472. The molecule has 0 saturated heterocycles. The van der Waals surface area contributed by atoms with E-state index >= 15 is 0 Å². The highest BCUT2D eigenvalue weighted by atomic mass is 19.2. The summed E-state index contributed by atoms with van der Waals surface area (Å²) in [5.74, 6) is -1.09. The largest absolute Gasteiger partial charge is 0.388 e. The summed E-state index contributed by atoms with van der Waals surface area (Å²) >= 11 is 0. The molecule has 0 saturated carbocycles. The highest BCUT2D eigenvalue weighted by molar-refractivity contribution is 5.83. The molecular formula is C25H29F2NO. The number of aliphatic hydroxyl groups excluding tert-OH is 1. The second-order valence-electron chi connectivity index (χ2n) is 8.12. The van der Waals surface area contributed by atoms with Crippen molar-refractivity contribution in [3.05, 3.63) is 83.4 Å². The maximum atomic E-state index is 13.6. The van der Waals surface area contributed by atoms with Gasteiger partial charge in [-0.15, -0.1) is 0 Å². The Hall–Kier alpha value is -2.30. The minimum absolute atomic E-state index is 0.536. The van der Waals surface area contributed by atoms with Gasteiger partial charge in [-0.1, -0.05) is 56.3 Å². The molecule has 3 rings (SSSR count). The molecule has 0 radical (unpaired) electrons. The van der Waals surface area contributed by atoms with Gasteiger partial charge in [0.25, 0.3) is 0 Å². The first kappa shape index (κ1) is 21.4. The van der Waals surface area contributed by atoms with Gasteiger partial charge in [0.05, 0.1) is 6.10 Å². The van der Waals surface area contributed by atoms with E-state index in [1.54, 1.807) is 6.07 Å². The second-order valence-corrected chi connectivity index (χ2v) is 8.12. The fourth-order valence-corrected chi connectivity index (χ4v) is 3.49. The van der Waals surface area contributed by atoms with E-state index in [0.717, 1.165) is 34.9 Å². The predicted octanol–water partition coefficient (Wildman–Crippen LogP) is 6.09. The zero-order valence-corrected chi connectivity index (χ0v) is 17.1. The third-order valence-corrected chi connectivity index (χ3v) is 5.29. The van der Waals surface area contributed by atoms with Gasteiger partial charge in [-0.25, -0.2) is 8.78 Å². The van der Waals surface area contributed by atoms with Gasteiger partial charge in [-0.05, 0) is 65.4 Å². The van der Waals surface area contributed by atoms with Gasteiger partial charge in [-0.3, -0.25) is 4.90 Å². The topological polar surface area (TPSA) is 23.5 Å². The van der Waals surface area contributed by atoms with Crippen molar-refractivity contribution in [1.29, 1.82) is 0 Å². The van der Waals surface area contributed by atoms with Crippen LogP contribution in [0, 0.1) is 17.6 Å². The molecule has 0 aliphatic carbocycles. The number of hydrogen-bond donors (Lipinski definition) is 1. The average molecular weight is 398 g/mol. The number of aliphatic hydroxyl groups is 1. The van der Waals surface area contributed by atoms with Crippen LogP contribution >= 0.6 is 0 Å². The van der Waals surface area contributed by atoms with Crippen LogP contribution in [0.1, 0.15) is 43.9 Å². The molecule has 154 valence electrons. The van der Waals surface area contributed by atoms with Crippen molar-refractivity contribution in [3.63, 3.8) is 0 Å². The Balaban J connectivity index is 1.66. The molecule has 0 bridgehead atoms. The van der Waals surface area contributed by atoms with Gasteiger partial charge in [-0.2, -0.15) is 0 Å². The molecular weight excluding hydrogens is 368 g/mol. The summed E-state index contributed by atoms with van der Waals surface area (Å²) in [5, 5.41) is 13.0. The van der Waals surface area contributed by atoms with E-state index in [9.17, 15) is 13.9 Å². The number of nitrogens with zero attached hydrogens (tertiary/aromatic N) is 1. The third kappa shape index (κ3) is 6.09. The zero-order valence-electron chi connectivity index (χ0n) is 17.1. The molecule has 1 N–H and O–H groups in total. The molecule has 0 fully saturated rings. The first-order valence-electron chi connectivity index (χ1n) is 10.3. The van der Waals surface area contributed by atoms with Crippen LogP contribution in [-0.4, -0.2) is 23.1 Å². The SMILES string of the molecule is CC(C)CCN(CCC(O)c1ccc2ccccc2c1)Cc1ccc(F)c(F)c1. The molecule has 2 nitrogen and oxygen atoms in total. The number of benzene rings is 3. The number of halogens is 2. The number of hydrogen-bond acceptors (Lipinski definition) is 2. The van der Waals surface area contributed by atoms with Gasteiger partial charge < -0.3 is 5.11 Å². The smallest absolute Gasteiger partial charge is 0.159 e. The Morgan fingerprint density at radius 3 is 2.28 bits per heavy atom. The Morgan fingerprint density at radius 2 is 1.55 bits per heavy atom. The lowest BCUT2D eigenvalue weighted by Crippen LogP contribution is -2.27. The lowest BCUT2D eigenvalue weighted by atomic mass is 10.0. The zero-order chi connectivity index (χ0) is 20.8. The van der Waals surface area contributed by atoms with E-state index in [0.29, 0.717) is 25.4 Å². The lowest BCUT2D eigenvalue weighted by Gasteiger charge is -2.25. The molecule has 0 aromatic heterocycles. The van der Waals surface area contributed by atoms with E-state index < -0.39 is 17.7 Å². The highest BCUT2D eigenvalue weighted by Crippen LogP contribution is 2.23. The van der Waals surface area contributed by atoms with Gasteiger partial charge >= 0.3 is 0 Å². The first-order chi connectivity index (χ1) is 13.9. The van der Waals surface area contributed by atoms with Crippen molar-refractivity contribution in [2.24, 2.45) is 5.92 Å². The molecule has 1 unspecified atom stereocenters. The second kappa shape index (κ2) is 9.95. The molecule has 3 aromatic rings. The molecule has 0 amide bonds. The van der Waals surface area contributed by atoms with Gasteiger partial charge in [0, 0.05) is 13.1 Å². The molecule has 1 atom stereocenters. The van der Waals surface area contributed by atoms with E-state index in [2.05, 4.69) is 24.8 Å². The van der Waals surface area contributed by atoms with Gasteiger partial charge in [0.15, 0.2) is 11.6 Å². The van der Waals surface area contributed by atoms with Crippen molar-refractivity contribution in [2.75, 3.05) is 13.1 Å². The Morgan fingerprint density at radius 1 is 0.828 bits per heavy atom. The van der Waals surface area contributed by atoms with E-state index in [1.165, 1.54) is 12.1 Å². The van der Waals surface area contributed by atoms with Crippen LogP contribution in [0.5, 0.6) is 0 Å². The highest BCUT2D eigenvalue weighted by Gasteiger charge is 2.14. The van der Waals surface area contributed by atoms with Crippen LogP contribution in [0.25, 0.3) is 10.8 Å². The predicted molar refractivity (Wildman–Crippen MR) is 115 cm³/mol. The maximum absolute atomic E-state index is 13.6. The maximum Gasteiger partial charge on any atom is 0.159 e. The lowest BCUT2D eigenvalue weighted by molar-refractivity contribution is 0.137. The van der Waals surface area contributed by atoms with Crippen LogP contribution in [0.15, 0.2) is 60.7 Å². The van der Waals surface area contributed by atoms with E-state index in [4.69, 9.17) is 0 Å². The minimum Gasteiger partial charge on any atom is -0.388 e. The fourth-order valence-electron chi connectivity index (χ4n) is 3.49. The summed E-state index contributed by atoms with van der Waals surface area (Å²) in [6.07, 6.45) is 1.03. The monoisotopic (exact) mass is 397 g/mol. The average Bonchev–Trinajstić information content (AvgIpc) is 2.72. The molecule has 0 heterocycles. The summed E-state index contributed by atoms with van der Waals surface area (Å²) in [7, 11) is 0. The Labute approximate surface area is 171 Å². The van der Waals surface area contributed by atoms with E-state index in [-0.39, 0.29) is 0 Å². The van der Waals surface area contributed by atoms with Crippen molar-refractivity contribution >= 4 is 10.8 Å². The summed E-state index contributed by atoms with van der Waals surface area (Å²) in [5.41, 5.74) is 1.65. The van der Waals surface area contributed by atoms with Crippen LogP contribution < -0.4 is 0 Å². The van der Waals surface area contributed by atoms with Crippen molar-refractivity contribution in [1.82, 2.24) is 4.90 Å². The Kier molecular flexibility index (Phi) is 7.34. The summed E-state index contributed by atoms with van der Waals surface area (Å²) in [6.45, 7) is 6.40. The molecule has 0 aliphatic rings. The summed E-state index contributed by atoms with van der Waals surface area (Å²) in [6, 6.07) is 18.2. The van der Waals surface area contributed by atoms with Crippen LogP contribution in [-0.2, 0) is 6.54 Å². The van der Waals surface area contributed by atoms with Gasteiger partial charge in [0.1, 0.15) is 0 Å². The normalized spacial score (nSPS) is 12.8. The van der Waals surface area contributed by atoms with E-state index in [1.807, 2.05) is 36.4 Å². The van der Waals surface area contributed by atoms with Crippen molar-refractivity contribution in [2.45, 2.75) is 39.3 Å². The fraction of sp³-hybridized carbons (Fsp3) is 0.360. The number of rotatable bonds is 9. The van der Waals surface area contributed by atoms with Crippen LogP contribution in [0.2, 0.25) is 0 Å². The molecule has 0 aliphatic heterocycles. The first-order valence-corrected chi connectivity index (χ1v) is 10.3.